The summed E-state index contributed by atoms with van der Waals surface area (Å²) in [5.74, 6) is 0.716. The summed E-state index contributed by atoms with van der Waals surface area (Å²) in [7, 11) is 0. The van der Waals surface area contributed by atoms with Gasteiger partial charge in [0.05, 0.1) is 40.8 Å². The summed E-state index contributed by atoms with van der Waals surface area (Å²) in [5, 5.41) is 17.0. The van der Waals surface area contributed by atoms with Gasteiger partial charge in [0.1, 0.15) is 5.75 Å². The van der Waals surface area contributed by atoms with Crippen molar-refractivity contribution in [2.24, 2.45) is 5.73 Å². The minimum Gasteiger partial charge on any atom is -0.491 e. The summed E-state index contributed by atoms with van der Waals surface area (Å²) in [5.41, 5.74) is 8.92. The highest BCUT2D eigenvalue weighted by atomic mass is 16.5. The number of rotatable bonds is 5. The summed E-state index contributed by atoms with van der Waals surface area (Å²) >= 11 is 0. The van der Waals surface area contributed by atoms with Gasteiger partial charge in [0.25, 0.3) is 5.91 Å². The number of nitrogens with two attached hydrogens (primary N) is 1. The van der Waals surface area contributed by atoms with Crippen molar-refractivity contribution < 1.29 is 9.53 Å². The molecule has 4 rings (SSSR count). The van der Waals surface area contributed by atoms with Gasteiger partial charge in [-0.05, 0) is 45.9 Å². The average Bonchev–Trinajstić information content (AvgIpc) is 3.01. The molecule has 0 bridgehead atoms. The number of primary amides is 1. The molecule has 9 heteroatoms. The van der Waals surface area contributed by atoms with Crippen LogP contribution in [0.5, 0.6) is 5.75 Å². The number of amides is 1. The molecule has 1 aliphatic heterocycles. The largest absolute Gasteiger partial charge is 0.491 e. The number of aromatic nitrogens is 4. The van der Waals surface area contributed by atoms with Crippen molar-refractivity contribution in [1.82, 2.24) is 25.1 Å². The van der Waals surface area contributed by atoms with Gasteiger partial charge in [0.15, 0.2) is 5.82 Å². The van der Waals surface area contributed by atoms with Crippen LogP contribution in [-0.4, -0.2) is 57.5 Å². The Bertz CT molecular complexity index is 1070. The van der Waals surface area contributed by atoms with Crippen molar-refractivity contribution >= 4 is 17.2 Å². The molecule has 9 nitrogen and oxygen atoms in total. The zero-order chi connectivity index (χ0) is 21.4. The second-order valence-electron chi connectivity index (χ2n) is 7.79. The maximum atomic E-state index is 11.9. The van der Waals surface area contributed by atoms with Crippen LogP contribution < -0.4 is 20.7 Å². The van der Waals surface area contributed by atoms with E-state index in [1.165, 1.54) is 0 Å². The van der Waals surface area contributed by atoms with Gasteiger partial charge >= 0.3 is 0 Å². The van der Waals surface area contributed by atoms with Crippen molar-refractivity contribution in [2.45, 2.75) is 39.8 Å². The lowest BCUT2D eigenvalue weighted by Gasteiger charge is -2.36. The summed E-state index contributed by atoms with van der Waals surface area (Å²) in [6.07, 6.45) is 1.68. The monoisotopic (exact) mass is 409 g/mol. The van der Waals surface area contributed by atoms with Crippen LogP contribution in [0.25, 0.3) is 16.8 Å². The number of piperazine rings is 1. The third-order valence-corrected chi connectivity index (χ3v) is 5.26. The number of anilines is 1. The van der Waals surface area contributed by atoms with Crippen LogP contribution in [-0.2, 0) is 0 Å². The normalized spacial score (nSPS) is 19.3. The zero-order valence-electron chi connectivity index (χ0n) is 17.7. The summed E-state index contributed by atoms with van der Waals surface area (Å²) in [6.45, 7) is 10.3. The lowest BCUT2D eigenvalue weighted by atomic mass is 10.1. The Hall–Kier alpha value is -3.20. The quantitative estimate of drug-likeness (QED) is 0.661. The molecule has 0 aromatic carbocycles. The molecule has 3 aromatic rings. The number of hydrogen-bond donors (Lipinski definition) is 2. The van der Waals surface area contributed by atoms with Gasteiger partial charge in [-0.15, -0.1) is 10.2 Å². The maximum absolute atomic E-state index is 11.9. The van der Waals surface area contributed by atoms with Crippen LogP contribution >= 0.6 is 0 Å². The molecule has 0 saturated carbocycles. The first-order valence-corrected chi connectivity index (χ1v) is 10.2. The number of pyridine rings is 1. The standard InChI is InChI=1S/C21H27N7O2/c1-5-30-18-11-28-17(8-15(18)21(22)29)20(14(4)26-28)16-6-7-19(25-24-16)27-9-12(2)23-13(3)10-27/h6-8,11-13,23H,5,9-10H2,1-4H3,(H2,22,29)/t12-,13+. The molecule has 158 valence electrons. The first kappa shape index (κ1) is 20.1. The number of carbonyl (C=O) groups is 1. The number of nitrogens with one attached hydrogen (secondary N) is 1. The van der Waals surface area contributed by atoms with Gasteiger partial charge in [-0.3, -0.25) is 4.79 Å². The molecule has 0 unspecified atom stereocenters. The number of nitrogens with zero attached hydrogens (tertiary/aromatic N) is 5. The Morgan fingerprint density at radius 2 is 2.00 bits per heavy atom. The van der Waals surface area contributed by atoms with E-state index in [9.17, 15) is 4.79 Å². The van der Waals surface area contributed by atoms with Crippen LogP contribution in [0, 0.1) is 6.92 Å². The number of fused-ring (bicyclic) bond motifs is 1. The Morgan fingerprint density at radius 3 is 2.60 bits per heavy atom. The van der Waals surface area contributed by atoms with E-state index >= 15 is 0 Å². The van der Waals surface area contributed by atoms with Crippen molar-refractivity contribution in [3.63, 3.8) is 0 Å². The smallest absolute Gasteiger partial charge is 0.252 e. The van der Waals surface area contributed by atoms with E-state index in [2.05, 4.69) is 39.4 Å². The van der Waals surface area contributed by atoms with Gasteiger partial charge in [0.2, 0.25) is 0 Å². The molecule has 0 radical (unpaired) electrons. The SMILES string of the molecule is CCOc1cn2nc(C)c(-c3ccc(N4C[C@@H](C)N[C@@H](C)C4)nn3)c2cc1C(N)=O. The van der Waals surface area contributed by atoms with Gasteiger partial charge in [-0.1, -0.05) is 0 Å². The van der Waals surface area contributed by atoms with E-state index in [0.717, 1.165) is 35.7 Å². The van der Waals surface area contributed by atoms with Gasteiger partial charge in [0, 0.05) is 25.2 Å². The molecule has 4 heterocycles. The fourth-order valence-corrected chi connectivity index (χ4v) is 4.11. The lowest BCUT2D eigenvalue weighted by Crippen LogP contribution is -2.54. The molecule has 3 N–H and O–H groups in total. The second kappa shape index (κ2) is 7.91. The first-order chi connectivity index (χ1) is 14.4. The highest BCUT2D eigenvalue weighted by Crippen LogP contribution is 2.31. The highest BCUT2D eigenvalue weighted by Gasteiger charge is 2.23. The predicted octanol–water partition coefficient (Wildman–Crippen LogP) is 1.78. The van der Waals surface area contributed by atoms with Crippen molar-refractivity contribution in [1.29, 1.82) is 0 Å². The fraction of sp³-hybridized carbons (Fsp3) is 0.429. The molecule has 3 aromatic heterocycles. The molecular weight excluding hydrogens is 382 g/mol. The topological polar surface area (TPSA) is 111 Å². The molecule has 1 saturated heterocycles. The molecule has 0 aliphatic carbocycles. The van der Waals surface area contributed by atoms with Crippen molar-refractivity contribution in [3.8, 4) is 17.0 Å². The number of hydrogen-bond acceptors (Lipinski definition) is 7. The average molecular weight is 409 g/mol. The van der Waals surface area contributed by atoms with Crippen molar-refractivity contribution in [2.75, 3.05) is 24.6 Å². The van der Waals surface area contributed by atoms with E-state index in [1.54, 1.807) is 16.8 Å². The first-order valence-electron chi connectivity index (χ1n) is 10.2. The predicted molar refractivity (Wildman–Crippen MR) is 115 cm³/mol. The molecule has 2 atom stereocenters. The Kier molecular flexibility index (Phi) is 5.29. The van der Waals surface area contributed by atoms with E-state index in [1.807, 2.05) is 26.0 Å². The Balaban J connectivity index is 1.73. The number of carbonyl (C=O) groups excluding carboxylic acids is 1. The zero-order valence-corrected chi connectivity index (χ0v) is 17.7. The third kappa shape index (κ3) is 3.68. The van der Waals surface area contributed by atoms with E-state index in [4.69, 9.17) is 10.5 Å². The molecule has 30 heavy (non-hydrogen) atoms. The van der Waals surface area contributed by atoms with E-state index in [-0.39, 0.29) is 0 Å². The summed E-state index contributed by atoms with van der Waals surface area (Å²) in [6, 6.07) is 6.43. The minimum absolute atomic E-state index is 0.318. The van der Waals surface area contributed by atoms with E-state index < -0.39 is 5.91 Å². The van der Waals surface area contributed by atoms with Gasteiger partial charge in [-0.25, -0.2) is 4.52 Å². The van der Waals surface area contributed by atoms with Crippen LogP contribution in [0.15, 0.2) is 24.4 Å². The maximum Gasteiger partial charge on any atom is 0.252 e. The van der Waals surface area contributed by atoms with Crippen LogP contribution in [0.2, 0.25) is 0 Å². The molecule has 0 spiro atoms. The third-order valence-electron chi connectivity index (χ3n) is 5.26. The van der Waals surface area contributed by atoms with Gasteiger partial charge in [-0.2, -0.15) is 5.10 Å². The van der Waals surface area contributed by atoms with Crippen LogP contribution in [0.3, 0.4) is 0 Å². The highest BCUT2D eigenvalue weighted by molar-refractivity contribution is 5.98. The number of ether oxygens (including phenoxy) is 1. The Labute approximate surface area is 175 Å². The molecule has 1 aliphatic rings. The van der Waals surface area contributed by atoms with Crippen LogP contribution in [0.1, 0.15) is 36.8 Å². The van der Waals surface area contributed by atoms with Crippen molar-refractivity contribution in [3.05, 3.63) is 35.7 Å². The fourth-order valence-electron chi connectivity index (χ4n) is 4.11. The minimum atomic E-state index is -0.547. The molecular formula is C21H27N7O2. The molecule has 1 amide bonds. The Morgan fingerprint density at radius 1 is 1.27 bits per heavy atom. The second-order valence-corrected chi connectivity index (χ2v) is 7.79. The van der Waals surface area contributed by atoms with Crippen LogP contribution in [0.4, 0.5) is 5.82 Å². The molecule has 1 fully saturated rings. The number of aryl methyl sites for hydroxylation is 1. The van der Waals surface area contributed by atoms with Gasteiger partial charge < -0.3 is 20.7 Å². The van der Waals surface area contributed by atoms with E-state index in [0.29, 0.717) is 35.7 Å². The summed E-state index contributed by atoms with van der Waals surface area (Å²) < 4.78 is 7.25. The lowest BCUT2D eigenvalue weighted by molar-refractivity contribution is 0.0996. The summed E-state index contributed by atoms with van der Waals surface area (Å²) in [4.78, 5) is 14.2.